The van der Waals surface area contributed by atoms with Crippen LogP contribution >= 0.6 is 0 Å². The van der Waals surface area contributed by atoms with Crippen molar-refractivity contribution in [1.82, 2.24) is 0 Å². The highest BCUT2D eigenvalue weighted by atomic mass is 16.5. The van der Waals surface area contributed by atoms with Crippen LogP contribution in [0.4, 0.5) is 0 Å². The highest BCUT2D eigenvalue weighted by Crippen LogP contribution is 2.29. The second-order valence-electron chi connectivity index (χ2n) is 5.82. The summed E-state index contributed by atoms with van der Waals surface area (Å²) < 4.78 is 5.32. The Labute approximate surface area is 125 Å². The molecule has 1 aliphatic heterocycles. The molecular formula is C19H20O2. The van der Waals surface area contributed by atoms with E-state index in [0.29, 0.717) is 6.61 Å². The summed E-state index contributed by atoms with van der Waals surface area (Å²) >= 11 is 0. The topological polar surface area (TPSA) is 26.3 Å². The van der Waals surface area contributed by atoms with E-state index in [1.165, 1.54) is 16.7 Å². The summed E-state index contributed by atoms with van der Waals surface area (Å²) in [6.07, 6.45) is 1.69. The van der Waals surface area contributed by atoms with Crippen molar-refractivity contribution in [2.24, 2.45) is 11.8 Å². The number of aryl methyl sites for hydroxylation is 1. The minimum atomic E-state index is -0.0424. The molecule has 0 saturated carbocycles. The molecule has 0 amide bonds. The Hall–Kier alpha value is -2.09. The Morgan fingerprint density at radius 2 is 1.71 bits per heavy atom. The van der Waals surface area contributed by atoms with Crippen molar-refractivity contribution in [3.63, 3.8) is 0 Å². The van der Waals surface area contributed by atoms with E-state index in [1.54, 1.807) is 0 Å². The summed E-state index contributed by atoms with van der Waals surface area (Å²) in [7, 11) is 0. The van der Waals surface area contributed by atoms with E-state index in [2.05, 4.69) is 31.2 Å². The van der Waals surface area contributed by atoms with E-state index in [4.69, 9.17) is 4.74 Å². The van der Waals surface area contributed by atoms with Crippen LogP contribution in [0.15, 0.2) is 54.6 Å². The van der Waals surface area contributed by atoms with Crippen LogP contribution in [0, 0.1) is 18.8 Å². The Morgan fingerprint density at radius 1 is 1.00 bits per heavy atom. The first kappa shape index (κ1) is 13.9. The van der Waals surface area contributed by atoms with E-state index in [1.807, 2.05) is 30.3 Å². The number of rotatable bonds is 4. The lowest BCUT2D eigenvalue weighted by Crippen LogP contribution is -2.21. The summed E-state index contributed by atoms with van der Waals surface area (Å²) in [5, 5.41) is 0. The fourth-order valence-electron chi connectivity index (χ4n) is 3.05. The molecule has 0 aromatic heterocycles. The van der Waals surface area contributed by atoms with E-state index in [-0.39, 0.29) is 17.8 Å². The minimum Gasteiger partial charge on any atom is -0.465 e. The van der Waals surface area contributed by atoms with E-state index in [0.717, 1.165) is 12.8 Å². The second kappa shape index (κ2) is 6.13. The lowest BCUT2D eigenvalue weighted by atomic mass is 9.84. The zero-order chi connectivity index (χ0) is 14.7. The van der Waals surface area contributed by atoms with Gasteiger partial charge in [0.25, 0.3) is 0 Å². The molecule has 21 heavy (non-hydrogen) atoms. The third-order valence-electron chi connectivity index (χ3n) is 4.35. The Balaban J connectivity index is 1.75. The molecule has 0 radical (unpaired) electrons. The first-order chi connectivity index (χ1) is 10.2. The highest BCUT2D eigenvalue weighted by Gasteiger charge is 2.36. The number of carbonyl (C=O) groups excluding carboxylic acids is 1. The molecule has 1 aliphatic rings. The second-order valence-corrected chi connectivity index (χ2v) is 5.82. The maximum absolute atomic E-state index is 12.1. The summed E-state index contributed by atoms with van der Waals surface area (Å²) in [5.41, 5.74) is 3.77. The molecule has 108 valence electrons. The van der Waals surface area contributed by atoms with Crippen molar-refractivity contribution in [3.8, 4) is 0 Å². The van der Waals surface area contributed by atoms with Crippen LogP contribution in [-0.2, 0) is 22.4 Å². The van der Waals surface area contributed by atoms with E-state index in [9.17, 15) is 4.79 Å². The van der Waals surface area contributed by atoms with E-state index >= 15 is 0 Å². The van der Waals surface area contributed by atoms with Gasteiger partial charge in [-0.15, -0.1) is 0 Å². The van der Waals surface area contributed by atoms with Crippen LogP contribution in [0.25, 0.3) is 0 Å². The number of esters is 1. The van der Waals surface area contributed by atoms with Gasteiger partial charge in [0.05, 0.1) is 12.5 Å². The van der Waals surface area contributed by atoms with Gasteiger partial charge in [-0.3, -0.25) is 4.79 Å². The van der Waals surface area contributed by atoms with E-state index < -0.39 is 0 Å². The SMILES string of the molecule is Cc1ccccc1C[C@H]1C(=O)OC[C@@H]1Cc1ccccc1. The van der Waals surface area contributed by atoms with Crippen molar-refractivity contribution in [1.29, 1.82) is 0 Å². The first-order valence-corrected chi connectivity index (χ1v) is 7.49. The number of cyclic esters (lactones) is 1. The van der Waals surface area contributed by atoms with Gasteiger partial charge in [0, 0.05) is 5.92 Å². The smallest absolute Gasteiger partial charge is 0.309 e. The van der Waals surface area contributed by atoms with Gasteiger partial charge in [-0.05, 0) is 36.5 Å². The monoisotopic (exact) mass is 280 g/mol. The average molecular weight is 280 g/mol. The molecule has 0 unspecified atom stereocenters. The van der Waals surface area contributed by atoms with Gasteiger partial charge in [-0.1, -0.05) is 54.6 Å². The van der Waals surface area contributed by atoms with Crippen molar-refractivity contribution >= 4 is 5.97 Å². The van der Waals surface area contributed by atoms with Crippen LogP contribution in [0.3, 0.4) is 0 Å². The lowest BCUT2D eigenvalue weighted by Gasteiger charge is -2.16. The average Bonchev–Trinajstić information content (AvgIpc) is 2.84. The molecule has 1 heterocycles. The molecule has 2 heteroatoms. The lowest BCUT2D eigenvalue weighted by molar-refractivity contribution is -0.141. The van der Waals surface area contributed by atoms with Crippen LogP contribution in [-0.4, -0.2) is 12.6 Å². The predicted molar refractivity (Wildman–Crippen MR) is 83.0 cm³/mol. The van der Waals surface area contributed by atoms with Crippen LogP contribution in [0.1, 0.15) is 16.7 Å². The third-order valence-corrected chi connectivity index (χ3v) is 4.35. The molecule has 0 spiro atoms. The summed E-state index contributed by atoms with van der Waals surface area (Å²) in [6.45, 7) is 2.64. The van der Waals surface area contributed by atoms with Crippen molar-refractivity contribution < 1.29 is 9.53 Å². The molecule has 1 fully saturated rings. The summed E-state index contributed by atoms with van der Waals surface area (Å²) in [6, 6.07) is 18.6. The van der Waals surface area contributed by atoms with Gasteiger partial charge in [0.1, 0.15) is 0 Å². The molecule has 2 atom stereocenters. The molecule has 0 bridgehead atoms. The highest BCUT2D eigenvalue weighted by molar-refractivity contribution is 5.75. The molecule has 2 aromatic carbocycles. The Kier molecular flexibility index (Phi) is 4.05. The maximum atomic E-state index is 12.1. The Morgan fingerprint density at radius 3 is 2.48 bits per heavy atom. The van der Waals surface area contributed by atoms with Gasteiger partial charge in [0.2, 0.25) is 0 Å². The fourth-order valence-corrected chi connectivity index (χ4v) is 3.05. The molecule has 0 aliphatic carbocycles. The molecule has 0 N–H and O–H groups in total. The molecule has 2 nitrogen and oxygen atoms in total. The zero-order valence-electron chi connectivity index (χ0n) is 12.3. The van der Waals surface area contributed by atoms with Gasteiger partial charge < -0.3 is 4.74 Å². The third kappa shape index (κ3) is 3.15. The normalized spacial score (nSPS) is 21.3. The van der Waals surface area contributed by atoms with Gasteiger partial charge in [-0.25, -0.2) is 0 Å². The van der Waals surface area contributed by atoms with Crippen molar-refractivity contribution in [2.75, 3.05) is 6.61 Å². The molecule has 2 aromatic rings. The maximum Gasteiger partial charge on any atom is 0.309 e. The first-order valence-electron chi connectivity index (χ1n) is 7.49. The number of benzene rings is 2. The summed E-state index contributed by atoms with van der Waals surface area (Å²) in [5.74, 6) is 0.213. The largest absolute Gasteiger partial charge is 0.465 e. The quantitative estimate of drug-likeness (QED) is 0.800. The van der Waals surface area contributed by atoms with Gasteiger partial charge >= 0.3 is 5.97 Å². The Bertz CT molecular complexity index is 618. The van der Waals surface area contributed by atoms with Gasteiger partial charge in [0.15, 0.2) is 0 Å². The molecular weight excluding hydrogens is 260 g/mol. The van der Waals surface area contributed by atoms with Crippen molar-refractivity contribution in [2.45, 2.75) is 19.8 Å². The van der Waals surface area contributed by atoms with Crippen LogP contribution in [0.5, 0.6) is 0 Å². The molecule has 3 rings (SSSR count). The number of ether oxygens (including phenoxy) is 1. The van der Waals surface area contributed by atoms with Crippen LogP contribution in [0.2, 0.25) is 0 Å². The van der Waals surface area contributed by atoms with Crippen LogP contribution < -0.4 is 0 Å². The number of carbonyl (C=O) groups is 1. The number of hydrogen-bond donors (Lipinski definition) is 0. The number of hydrogen-bond acceptors (Lipinski definition) is 2. The van der Waals surface area contributed by atoms with Gasteiger partial charge in [-0.2, -0.15) is 0 Å². The molecule has 1 saturated heterocycles. The zero-order valence-corrected chi connectivity index (χ0v) is 12.3. The predicted octanol–water partition coefficient (Wildman–Crippen LogP) is 3.57. The standard InChI is InChI=1S/C19H20O2/c1-14-7-5-6-10-16(14)12-18-17(13-21-19(18)20)11-15-8-3-2-4-9-15/h2-10,17-18H,11-13H2,1H3/t17-,18+/m0/s1. The summed E-state index contributed by atoms with van der Waals surface area (Å²) in [4.78, 5) is 12.1. The van der Waals surface area contributed by atoms with Crippen molar-refractivity contribution in [3.05, 3.63) is 71.3 Å². The fraction of sp³-hybridized carbons (Fsp3) is 0.316. The minimum absolute atomic E-state index is 0.0219.